The lowest BCUT2D eigenvalue weighted by Crippen LogP contribution is -2.33. The summed E-state index contributed by atoms with van der Waals surface area (Å²) >= 11 is 5.87. The van der Waals surface area contributed by atoms with Crippen molar-refractivity contribution in [3.8, 4) is 0 Å². The Morgan fingerprint density at radius 3 is 3.06 bits per heavy atom. The summed E-state index contributed by atoms with van der Waals surface area (Å²) in [6.45, 7) is 2.95. The highest BCUT2D eigenvalue weighted by atomic mass is 35.5. The second-order valence-electron chi connectivity index (χ2n) is 4.29. The van der Waals surface area contributed by atoms with Gasteiger partial charge in [0.05, 0.1) is 17.2 Å². The van der Waals surface area contributed by atoms with E-state index in [4.69, 9.17) is 22.1 Å². The summed E-state index contributed by atoms with van der Waals surface area (Å²) in [4.78, 5) is 3.96. The van der Waals surface area contributed by atoms with Gasteiger partial charge < -0.3 is 15.6 Å². The first-order valence-electron chi connectivity index (χ1n) is 5.23. The van der Waals surface area contributed by atoms with E-state index in [1.54, 1.807) is 13.0 Å². The smallest absolute Gasteiger partial charge is 0.129 e. The molecule has 0 aliphatic carbocycles. The summed E-state index contributed by atoms with van der Waals surface area (Å²) in [6.07, 6.45) is 2.29. The first kappa shape index (κ1) is 11.6. The van der Waals surface area contributed by atoms with Crippen LogP contribution in [0.5, 0.6) is 0 Å². The first-order valence-corrected chi connectivity index (χ1v) is 5.61. The molecule has 1 aromatic heterocycles. The third-order valence-electron chi connectivity index (χ3n) is 3.16. The van der Waals surface area contributed by atoms with E-state index in [0.29, 0.717) is 29.6 Å². The molecule has 88 valence electrons. The van der Waals surface area contributed by atoms with Crippen LogP contribution in [0.2, 0.25) is 5.02 Å². The van der Waals surface area contributed by atoms with Gasteiger partial charge in [0.1, 0.15) is 5.82 Å². The van der Waals surface area contributed by atoms with E-state index in [2.05, 4.69) is 4.98 Å². The number of aromatic nitrogens is 1. The summed E-state index contributed by atoms with van der Waals surface area (Å²) in [5.74, 6) is 0.358. The number of anilines is 1. The van der Waals surface area contributed by atoms with E-state index in [1.807, 2.05) is 0 Å². The van der Waals surface area contributed by atoms with Gasteiger partial charge in [-0.2, -0.15) is 0 Å². The fourth-order valence-electron chi connectivity index (χ4n) is 2.05. The predicted molar refractivity (Wildman–Crippen MR) is 62.2 cm³/mol. The quantitative estimate of drug-likeness (QED) is 0.826. The van der Waals surface area contributed by atoms with Gasteiger partial charge >= 0.3 is 0 Å². The molecule has 2 rings (SSSR count). The van der Waals surface area contributed by atoms with E-state index >= 15 is 0 Å². The average Bonchev–Trinajstić information content (AvgIpc) is 2.75. The fourth-order valence-corrected chi connectivity index (χ4v) is 2.21. The van der Waals surface area contributed by atoms with Gasteiger partial charge in [-0.1, -0.05) is 11.6 Å². The number of aliphatic hydroxyl groups is 1. The topological polar surface area (TPSA) is 68.4 Å². The molecule has 2 unspecified atom stereocenters. The normalized spacial score (nSPS) is 24.3. The van der Waals surface area contributed by atoms with Gasteiger partial charge in [-0.3, -0.25) is 0 Å². The van der Waals surface area contributed by atoms with Gasteiger partial charge in [-0.15, -0.1) is 0 Å². The molecule has 0 aromatic carbocycles. The molecule has 0 radical (unpaired) electrons. The second kappa shape index (κ2) is 4.20. The molecule has 2 atom stereocenters. The summed E-state index contributed by atoms with van der Waals surface area (Å²) in [5.41, 5.74) is 5.31. The SMILES string of the molecule is CC(O)(c1cc(Cl)cnc1N)C1CCOC1. The minimum atomic E-state index is -1.04. The zero-order chi connectivity index (χ0) is 11.8. The van der Waals surface area contributed by atoms with E-state index in [1.165, 1.54) is 6.20 Å². The molecule has 3 N–H and O–H groups in total. The molecular formula is C11H15ClN2O2. The highest BCUT2D eigenvalue weighted by Gasteiger charge is 2.38. The van der Waals surface area contributed by atoms with Gasteiger partial charge in [0.2, 0.25) is 0 Å². The third-order valence-corrected chi connectivity index (χ3v) is 3.36. The zero-order valence-electron chi connectivity index (χ0n) is 9.11. The van der Waals surface area contributed by atoms with Gasteiger partial charge in [0, 0.05) is 24.3 Å². The van der Waals surface area contributed by atoms with Crippen LogP contribution in [-0.2, 0) is 10.3 Å². The Kier molecular flexibility index (Phi) is 3.06. The number of nitrogens with zero attached hydrogens (tertiary/aromatic N) is 1. The van der Waals surface area contributed by atoms with Gasteiger partial charge in [0.15, 0.2) is 0 Å². The molecule has 0 bridgehead atoms. The van der Waals surface area contributed by atoms with Gasteiger partial charge in [0.25, 0.3) is 0 Å². The Labute approximate surface area is 99.4 Å². The molecular weight excluding hydrogens is 228 g/mol. The lowest BCUT2D eigenvalue weighted by Gasteiger charge is -2.30. The summed E-state index contributed by atoms with van der Waals surface area (Å²) < 4.78 is 5.28. The predicted octanol–water partition coefficient (Wildman–Crippen LogP) is 1.56. The van der Waals surface area contributed by atoms with Crippen LogP contribution in [-0.4, -0.2) is 23.3 Å². The fraction of sp³-hybridized carbons (Fsp3) is 0.545. The van der Waals surface area contributed by atoms with Crippen molar-refractivity contribution in [3.63, 3.8) is 0 Å². The average molecular weight is 243 g/mol. The van der Waals surface area contributed by atoms with Crippen molar-refractivity contribution in [1.29, 1.82) is 0 Å². The molecule has 16 heavy (non-hydrogen) atoms. The molecule has 2 heterocycles. The third kappa shape index (κ3) is 2.00. The number of pyridine rings is 1. The van der Waals surface area contributed by atoms with E-state index in [-0.39, 0.29) is 5.92 Å². The minimum absolute atomic E-state index is 0.0371. The minimum Gasteiger partial charge on any atom is -0.385 e. The van der Waals surface area contributed by atoms with Crippen LogP contribution in [0.15, 0.2) is 12.3 Å². The van der Waals surface area contributed by atoms with Crippen LogP contribution >= 0.6 is 11.6 Å². The van der Waals surface area contributed by atoms with Crippen molar-refractivity contribution in [1.82, 2.24) is 4.98 Å². The number of rotatable bonds is 2. The maximum absolute atomic E-state index is 10.5. The monoisotopic (exact) mass is 242 g/mol. The van der Waals surface area contributed by atoms with Crippen LogP contribution < -0.4 is 5.73 Å². The lowest BCUT2D eigenvalue weighted by atomic mass is 9.82. The van der Waals surface area contributed by atoms with E-state index in [9.17, 15) is 5.11 Å². The Balaban J connectivity index is 2.37. The van der Waals surface area contributed by atoms with Crippen molar-refractivity contribution in [2.45, 2.75) is 18.9 Å². The van der Waals surface area contributed by atoms with Crippen LogP contribution in [0.3, 0.4) is 0 Å². The Hall–Kier alpha value is -0.840. The maximum Gasteiger partial charge on any atom is 0.129 e. The zero-order valence-corrected chi connectivity index (χ0v) is 9.87. The highest BCUT2D eigenvalue weighted by Crippen LogP contribution is 2.37. The van der Waals surface area contributed by atoms with E-state index < -0.39 is 5.60 Å². The number of hydrogen-bond acceptors (Lipinski definition) is 4. The largest absolute Gasteiger partial charge is 0.385 e. The van der Waals surface area contributed by atoms with Crippen molar-refractivity contribution < 1.29 is 9.84 Å². The molecule has 5 heteroatoms. The van der Waals surface area contributed by atoms with Gasteiger partial charge in [-0.25, -0.2) is 4.98 Å². The molecule has 1 aliphatic rings. The summed E-state index contributed by atoms with van der Waals surface area (Å²) in [6, 6.07) is 1.67. The lowest BCUT2D eigenvalue weighted by molar-refractivity contribution is -0.00925. The second-order valence-corrected chi connectivity index (χ2v) is 4.73. The molecule has 1 aliphatic heterocycles. The Morgan fingerprint density at radius 2 is 2.44 bits per heavy atom. The summed E-state index contributed by atoms with van der Waals surface area (Å²) in [7, 11) is 0. The van der Waals surface area contributed by atoms with Crippen molar-refractivity contribution in [2.75, 3.05) is 18.9 Å². The number of nitrogen functional groups attached to an aromatic ring is 1. The molecule has 4 nitrogen and oxygen atoms in total. The first-order chi connectivity index (χ1) is 7.51. The number of ether oxygens (including phenoxy) is 1. The molecule has 1 aromatic rings. The maximum atomic E-state index is 10.5. The molecule has 0 saturated carbocycles. The molecule has 1 saturated heterocycles. The van der Waals surface area contributed by atoms with Gasteiger partial charge in [-0.05, 0) is 19.4 Å². The Morgan fingerprint density at radius 1 is 1.69 bits per heavy atom. The molecule has 0 spiro atoms. The van der Waals surface area contributed by atoms with Crippen LogP contribution in [0.1, 0.15) is 18.9 Å². The van der Waals surface area contributed by atoms with Crippen molar-refractivity contribution in [3.05, 3.63) is 22.8 Å². The summed E-state index contributed by atoms with van der Waals surface area (Å²) in [5, 5.41) is 11.0. The van der Waals surface area contributed by atoms with E-state index in [0.717, 1.165) is 6.42 Å². The number of hydrogen-bond donors (Lipinski definition) is 2. The number of halogens is 1. The Bertz CT molecular complexity index is 390. The van der Waals surface area contributed by atoms with Crippen molar-refractivity contribution in [2.24, 2.45) is 5.92 Å². The molecule has 0 amide bonds. The number of nitrogens with two attached hydrogens (primary N) is 1. The molecule has 1 fully saturated rings. The standard InChI is InChI=1S/C11H15ClN2O2/c1-11(15,7-2-3-16-6-7)9-4-8(12)5-14-10(9)13/h4-5,7,15H,2-3,6H2,1H3,(H2,13,14). The van der Waals surface area contributed by atoms with Crippen LogP contribution in [0.4, 0.5) is 5.82 Å². The van der Waals surface area contributed by atoms with Crippen LogP contribution in [0.25, 0.3) is 0 Å². The van der Waals surface area contributed by atoms with Crippen LogP contribution in [0, 0.1) is 5.92 Å². The highest BCUT2D eigenvalue weighted by molar-refractivity contribution is 6.30. The van der Waals surface area contributed by atoms with Crippen molar-refractivity contribution >= 4 is 17.4 Å².